The number of hydrogen-bond acceptors (Lipinski definition) is 2. The Bertz CT molecular complexity index is 745. The SMILES string of the molecule is CCCCCCCNCc1cc2cccc(-c3ccccc3)c2o1. The lowest BCUT2D eigenvalue weighted by atomic mass is 10.0. The van der Waals surface area contributed by atoms with E-state index in [4.69, 9.17) is 4.42 Å². The van der Waals surface area contributed by atoms with Crippen molar-refractivity contribution >= 4 is 11.0 Å². The molecule has 0 aliphatic rings. The molecule has 3 rings (SSSR count). The fraction of sp³-hybridized carbons (Fsp3) is 0.364. The van der Waals surface area contributed by atoms with Gasteiger partial charge in [0.05, 0.1) is 6.54 Å². The Morgan fingerprint density at radius 3 is 2.54 bits per heavy atom. The molecule has 0 aliphatic heterocycles. The molecule has 0 fully saturated rings. The second-order valence-corrected chi connectivity index (χ2v) is 6.39. The molecule has 1 N–H and O–H groups in total. The lowest BCUT2D eigenvalue weighted by molar-refractivity contribution is 0.503. The van der Waals surface area contributed by atoms with Crippen LogP contribution in [0.25, 0.3) is 22.1 Å². The van der Waals surface area contributed by atoms with Crippen molar-refractivity contribution in [3.05, 3.63) is 60.4 Å². The van der Waals surface area contributed by atoms with Crippen molar-refractivity contribution in [3.63, 3.8) is 0 Å². The van der Waals surface area contributed by atoms with Crippen molar-refractivity contribution in [2.75, 3.05) is 6.54 Å². The first-order valence-electron chi connectivity index (χ1n) is 9.16. The van der Waals surface area contributed by atoms with E-state index in [-0.39, 0.29) is 0 Å². The van der Waals surface area contributed by atoms with Crippen LogP contribution in [-0.4, -0.2) is 6.54 Å². The second-order valence-electron chi connectivity index (χ2n) is 6.39. The molecule has 1 heterocycles. The van der Waals surface area contributed by atoms with Gasteiger partial charge in [-0.25, -0.2) is 0 Å². The molecule has 2 nitrogen and oxygen atoms in total. The van der Waals surface area contributed by atoms with E-state index in [9.17, 15) is 0 Å². The van der Waals surface area contributed by atoms with Gasteiger partial charge in [-0.1, -0.05) is 81.1 Å². The summed E-state index contributed by atoms with van der Waals surface area (Å²) >= 11 is 0. The number of rotatable bonds is 9. The predicted molar refractivity (Wildman–Crippen MR) is 102 cm³/mol. The Kier molecular flexibility index (Phi) is 6.08. The molecule has 126 valence electrons. The van der Waals surface area contributed by atoms with Crippen molar-refractivity contribution < 1.29 is 4.42 Å². The number of unbranched alkanes of at least 4 members (excludes halogenated alkanes) is 4. The number of furan rings is 1. The summed E-state index contributed by atoms with van der Waals surface area (Å²) in [5.41, 5.74) is 3.36. The number of hydrogen-bond donors (Lipinski definition) is 1. The molecule has 24 heavy (non-hydrogen) atoms. The van der Waals surface area contributed by atoms with Crippen LogP contribution in [0.5, 0.6) is 0 Å². The van der Waals surface area contributed by atoms with Crippen LogP contribution in [0.2, 0.25) is 0 Å². The zero-order valence-electron chi connectivity index (χ0n) is 14.6. The van der Waals surface area contributed by atoms with Crippen LogP contribution in [0.3, 0.4) is 0 Å². The molecule has 0 saturated heterocycles. The number of fused-ring (bicyclic) bond motifs is 1. The molecule has 0 radical (unpaired) electrons. The van der Waals surface area contributed by atoms with Crippen LogP contribution >= 0.6 is 0 Å². The third-order valence-corrected chi connectivity index (χ3v) is 4.44. The van der Waals surface area contributed by atoms with Crippen LogP contribution < -0.4 is 5.32 Å². The molecule has 0 aliphatic carbocycles. The molecule has 0 amide bonds. The highest BCUT2D eigenvalue weighted by molar-refractivity contribution is 5.92. The molecule has 0 atom stereocenters. The third kappa shape index (κ3) is 4.27. The Labute approximate surface area is 144 Å². The first-order chi connectivity index (χ1) is 11.9. The highest BCUT2D eigenvalue weighted by Crippen LogP contribution is 2.30. The standard InChI is InChI=1S/C22H27NO/c1-2-3-4-5-9-15-23-17-20-16-19-13-10-14-21(22(19)24-20)18-11-7-6-8-12-18/h6-8,10-14,16,23H,2-5,9,15,17H2,1H3. The zero-order chi connectivity index (χ0) is 16.6. The fourth-order valence-corrected chi connectivity index (χ4v) is 3.11. The summed E-state index contributed by atoms with van der Waals surface area (Å²) in [6, 6.07) is 19.0. The molecule has 1 aromatic heterocycles. The fourth-order valence-electron chi connectivity index (χ4n) is 3.11. The summed E-state index contributed by atoms with van der Waals surface area (Å²) in [6.45, 7) is 4.12. The highest BCUT2D eigenvalue weighted by Gasteiger charge is 2.09. The molecular weight excluding hydrogens is 294 g/mol. The van der Waals surface area contributed by atoms with Gasteiger partial charge in [0.2, 0.25) is 0 Å². The van der Waals surface area contributed by atoms with Gasteiger partial charge < -0.3 is 9.73 Å². The number of benzene rings is 2. The van der Waals surface area contributed by atoms with Crippen molar-refractivity contribution in [2.45, 2.75) is 45.6 Å². The average molecular weight is 321 g/mol. The van der Waals surface area contributed by atoms with Gasteiger partial charge >= 0.3 is 0 Å². The van der Waals surface area contributed by atoms with E-state index in [0.717, 1.165) is 24.4 Å². The summed E-state index contributed by atoms with van der Waals surface area (Å²) in [4.78, 5) is 0. The van der Waals surface area contributed by atoms with E-state index >= 15 is 0 Å². The molecule has 0 spiro atoms. The Hall–Kier alpha value is -2.06. The number of para-hydroxylation sites is 1. The van der Waals surface area contributed by atoms with Crippen molar-refractivity contribution in [1.82, 2.24) is 5.32 Å². The molecule has 2 heteroatoms. The molecule has 3 aromatic rings. The maximum absolute atomic E-state index is 6.14. The summed E-state index contributed by atoms with van der Waals surface area (Å²) in [6.07, 6.45) is 6.57. The molecular formula is C22H27NO. The van der Waals surface area contributed by atoms with Crippen LogP contribution in [0, 0.1) is 0 Å². The summed E-state index contributed by atoms with van der Waals surface area (Å²) < 4.78 is 6.14. The topological polar surface area (TPSA) is 25.2 Å². The smallest absolute Gasteiger partial charge is 0.142 e. The van der Waals surface area contributed by atoms with Gasteiger partial charge in [0.1, 0.15) is 11.3 Å². The Balaban J connectivity index is 1.62. The quantitative estimate of drug-likeness (QED) is 0.477. The highest BCUT2D eigenvalue weighted by atomic mass is 16.3. The van der Waals surface area contributed by atoms with E-state index in [1.165, 1.54) is 48.6 Å². The average Bonchev–Trinajstić information content (AvgIpc) is 3.04. The first kappa shape index (κ1) is 16.8. The molecule has 0 saturated carbocycles. The Morgan fingerprint density at radius 1 is 0.875 bits per heavy atom. The van der Waals surface area contributed by atoms with Gasteiger partial charge in [0.25, 0.3) is 0 Å². The Morgan fingerprint density at radius 2 is 1.71 bits per heavy atom. The minimum Gasteiger partial charge on any atom is -0.459 e. The van der Waals surface area contributed by atoms with E-state index in [2.05, 4.69) is 60.8 Å². The lowest BCUT2D eigenvalue weighted by Crippen LogP contribution is -2.14. The maximum atomic E-state index is 6.14. The van der Waals surface area contributed by atoms with Gasteiger partial charge in [-0.15, -0.1) is 0 Å². The lowest BCUT2D eigenvalue weighted by Gasteiger charge is -2.03. The van der Waals surface area contributed by atoms with E-state index in [1.54, 1.807) is 0 Å². The molecule has 0 bridgehead atoms. The minimum atomic E-state index is 0.802. The van der Waals surface area contributed by atoms with Gasteiger partial charge in [0.15, 0.2) is 0 Å². The van der Waals surface area contributed by atoms with Crippen LogP contribution in [-0.2, 0) is 6.54 Å². The molecule has 2 aromatic carbocycles. The van der Waals surface area contributed by atoms with Gasteiger partial charge in [-0.05, 0) is 24.6 Å². The first-order valence-corrected chi connectivity index (χ1v) is 9.16. The summed E-state index contributed by atoms with van der Waals surface area (Å²) in [7, 11) is 0. The molecule has 0 unspecified atom stereocenters. The van der Waals surface area contributed by atoms with Crippen molar-refractivity contribution in [1.29, 1.82) is 0 Å². The van der Waals surface area contributed by atoms with Crippen LogP contribution in [0.4, 0.5) is 0 Å². The van der Waals surface area contributed by atoms with Crippen molar-refractivity contribution in [3.8, 4) is 11.1 Å². The van der Waals surface area contributed by atoms with Gasteiger partial charge in [0, 0.05) is 10.9 Å². The predicted octanol–water partition coefficient (Wildman–Crippen LogP) is 6.16. The summed E-state index contributed by atoms with van der Waals surface area (Å²) in [5.74, 6) is 1.02. The zero-order valence-corrected chi connectivity index (χ0v) is 14.6. The van der Waals surface area contributed by atoms with Gasteiger partial charge in [-0.3, -0.25) is 0 Å². The third-order valence-electron chi connectivity index (χ3n) is 4.44. The monoisotopic (exact) mass is 321 g/mol. The van der Waals surface area contributed by atoms with E-state index in [0.29, 0.717) is 0 Å². The van der Waals surface area contributed by atoms with Gasteiger partial charge in [-0.2, -0.15) is 0 Å². The second kappa shape index (κ2) is 8.70. The van der Waals surface area contributed by atoms with Crippen molar-refractivity contribution in [2.24, 2.45) is 0 Å². The summed E-state index contributed by atoms with van der Waals surface area (Å²) in [5, 5.41) is 4.68. The van der Waals surface area contributed by atoms with Crippen LogP contribution in [0.15, 0.2) is 59.0 Å². The van der Waals surface area contributed by atoms with E-state index in [1.807, 2.05) is 6.07 Å². The minimum absolute atomic E-state index is 0.802. The van der Waals surface area contributed by atoms with Crippen LogP contribution in [0.1, 0.15) is 44.8 Å². The van der Waals surface area contributed by atoms with E-state index < -0.39 is 0 Å². The largest absolute Gasteiger partial charge is 0.459 e. The number of nitrogens with one attached hydrogen (secondary N) is 1. The maximum Gasteiger partial charge on any atom is 0.142 e. The normalized spacial score (nSPS) is 11.2.